The Labute approximate surface area is 122 Å². The summed E-state index contributed by atoms with van der Waals surface area (Å²) in [6, 6.07) is 8.38. The van der Waals surface area contributed by atoms with E-state index in [1.807, 2.05) is 0 Å². The van der Waals surface area contributed by atoms with E-state index in [0.717, 1.165) is 43.2 Å². The number of hydrogen-bond donors (Lipinski definition) is 0. The van der Waals surface area contributed by atoms with Crippen molar-refractivity contribution >= 4 is 11.3 Å². The first kappa shape index (κ1) is 12.3. The lowest BCUT2D eigenvalue weighted by Gasteiger charge is -2.28. The minimum Gasteiger partial charge on any atom is -0.378 e. The first-order valence-electron chi connectivity index (χ1n) is 6.92. The van der Waals surface area contributed by atoms with Crippen molar-refractivity contribution in [3.8, 4) is 11.3 Å². The standard InChI is InChI=1S/C15H14N5O/c1-3-13(19-7-9-21-10-8-19)4-2-12(1)14-15-17-11-18-20(15)6-5-16-14/h1-6H,7-10H2. The number of fused-ring (bicyclic) bond motifs is 1. The van der Waals surface area contributed by atoms with Gasteiger partial charge in [0.2, 0.25) is 6.33 Å². The van der Waals surface area contributed by atoms with Crippen molar-refractivity contribution in [1.29, 1.82) is 0 Å². The molecule has 3 aromatic rings. The van der Waals surface area contributed by atoms with Crippen LogP contribution in [-0.2, 0) is 4.74 Å². The molecule has 4 rings (SSSR count). The van der Waals surface area contributed by atoms with Crippen LogP contribution in [0.2, 0.25) is 0 Å². The van der Waals surface area contributed by atoms with E-state index in [-0.39, 0.29) is 0 Å². The molecule has 6 nitrogen and oxygen atoms in total. The maximum atomic E-state index is 5.38. The van der Waals surface area contributed by atoms with Gasteiger partial charge in [-0.2, -0.15) is 0 Å². The number of hydrogen-bond acceptors (Lipinski definition) is 5. The van der Waals surface area contributed by atoms with E-state index in [2.05, 4.69) is 50.6 Å². The Morgan fingerprint density at radius 2 is 1.90 bits per heavy atom. The number of nitrogens with zero attached hydrogens (tertiary/aromatic N) is 5. The SMILES string of the molecule is [c]1nc2c(-c3ccc(N4CCOCC4)cc3)nccn2n1. The molecule has 1 radical (unpaired) electrons. The van der Waals surface area contributed by atoms with Crippen LogP contribution in [0.4, 0.5) is 5.69 Å². The van der Waals surface area contributed by atoms with E-state index in [0.29, 0.717) is 0 Å². The van der Waals surface area contributed by atoms with Crippen LogP contribution in [0.25, 0.3) is 16.9 Å². The van der Waals surface area contributed by atoms with Gasteiger partial charge in [-0.1, -0.05) is 12.1 Å². The molecule has 1 aliphatic rings. The summed E-state index contributed by atoms with van der Waals surface area (Å²) in [5, 5.41) is 4.01. The molecule has 0 spiro atoms. The molecule has 1 fully saturated rings. The molecular formula is C15H14N5O. The zero-order chi connectivity index (χ0) is 14.1. The first-order chi connectivity index (χ1) is 10.4. The van der Waals surface area contributed by atoms with Crippen molar-refractivity contribution in [2.45, 2.75) is 0 Å². The Hall–Kier alpha value is -2.47. The molecule has 0 amide bonds. The minimum atomic E-state index is 0.719. The Bertz CT molecular complexity index is 746. The summed E-state index contributed by atoms with van der Waals surface area (Å²) >= 11 is 0. The van der Waals surface area contributed by atoms with Gasteiger partial charge in [0.25, 0.3) is 0 Å². The second-order valence-electron chi connectivity index (χ2n) is 4.90. The monoisotopic (exact) mass is 280 g/mol. The molecule has 21 heavy (non-hydrogen) atoms. The first-order valence-corrected chi connectivity index (χ1v) is 6.92. The summed E-state index contributed by atoms with van der Waals surface area (Å²) in [5.74, 6) is 0. The van der Waals surface area contributed by atoms with Crippen LogP contribution >= 0.6 is 0 Å². The summed E-state index contributed by atoms with van der Waals surface area (Å²) in [7, 11) is 0. The van der Waals surface area contributed by atoms with E-state index < -0.39 is 0 Å². The summed E-state index contributed by atoms with van der Waals surface area (Å²) in [6.07, 6.45) is 6.10. The molecule has 2 aromatic heterocycles. The zero-order valence-electron chi connectivity index (χ0n) is 11.4. The van der Waals surface area contributed by atoms with Crippen molar-refractivity contribution in [2.24, 2.45) is 0 Å². The molecule has 0 bridgehead atoms. The third-order valence-electron chi connectivity index (χ3n) is 3.67. The van der Waals surface area contributed by atoms with Crippen molar-refractivity contribution < 1.29 is 4.74 Å². The predicted octanol–water partition coefficient (Wildman–Crippen LogP) is 1.43. The molecule has 0 atom stereocenters. The second kappa shape index (κ2) is 5.14. The lowest BCUT2D eigenvalue weighted by Crippen LogP contribution is -2.36. The fraction of sp³-hybridized carbons (Fsp3) is 0.267. The quantitative estimate of drug-likeness (QED) is 0.710. The van der Waals surface area contributed by atoms with Crippen molar-refractivity contribution in [2.75, 3.05) is 31.2 Å². The average molecular weight is 280 g/mol. The summed E-state index contributed by atoms with van der Waals surface area (Å²) in [6.45, 7) is 3.45. The van der Waals surface area contributed by atoms with E-state index in [1.54, 1.807) is 16.9 Å². The van der Waals surface area contributed by atoms with Gasteiger partial charge in [0.15, 0.2) is 5.65 Å². The van der Waals surface area contributed by atoms with Crippen molar-refractivity contribution in [3.05, 3.63) is 43.0 Å². The smallest absolute Gasteiger partial charge is 0.221 e. The Morgan fingerprint density at radius 1 is 1.10 bits per heavy atom. The minimum absolute atomic E-state index is 0.719. The van der Waals surface area contributed by atoms with Gasteiger partial charge in [-0.05, 0) is 12.1 Å². The summed E-state index contributed by atoms with van der Waals surface area (Å²) < 4.78 is 7.06. The molecule has 1 aliphatic heterocycles. The van der Waals surface area contributed by atoms with Crippen LogP contribution in [0.5, 0.6) is 0 Å². The molecule has 3 heterocycles. The highest BCUT2D eigenvalue weighted by molar-refractivity contribution is 5.74. The molecule has 0 N–H and O–H groups in total. The number of anilines is 1. The molecule has 0 aliphatic carbocycles. The van der Waals surface area contributed by atoms with E-state index in [4.69, 9.17) is 4.74 Å². The van der Waals surface area contributed by atoms with Gasteiger partial charge in [0.05, 0.1) is 13.2 Å². The molecule has 105 valence electrons. The largest absolute Gasteiger partial charge is 0.378 e. The van der Waals surface area contributed by atoms with Gasteiger partial charge in [0.1, 0.15) is 5.69 Å². The maximum Gasteiger partial charge on any atom is 0.221 e. The van der Waals surface area contributed by atoms with Gasteiger partial charge in [-0.15, -0.1) is 5.10 Å². The Kier molecular flexibility index (Phi) is 3.01. The van der Waals surface area contributed by atoms with Gasteiger partial charge < -0.3 is 9.64 Å². The van der Waals surface area contributed by atoms with Crippen LogP contribution < -0.4 is 4.90 Å². The highest BCUT2D eigenvalue weighted by Gasteiger charge is 2.12. The van der Waals surface area contributed by atoms with Gasteiger partial charge in [0, 0.05) is 36.7 Å². The lowest BCUT2D eigenvalue weighted by atomic mass is 10.1. The van der Waals surface area contributed by atoms with E-state index in [1.165, 1.54) is 5.69 Å². The average Bonchev–Trinajstić information content (AvgIpc) is 3.04. The van der Waals surface area contributed by atoms with Crippen LogP contribution in [0, 0.1) is 6.33 Å². The highest BCUT2D eigenvalue weighted by Crippen LogP contribution is 2.24. The maximum absolute atomic E-state index is 5.38. The Morgan fingerprint density at radius 3 is 2.71 bits per heavy atom. The van der Waals surface area contributed by atoms with Gasteiger partial charge in [-0.25, -0.2) is 9.50 Å². The van der Waals surface area contributed by atoms with E-state index in [9.17, 15) is 0 Å². The van der Waals surface area contributed by atoms with Crippen LogP contribution in [0.1, 0.15) is 0 Å². The molecular weight excluding hydrogens is 266 g/mol. The van der Waals surface area contributed by atoms with E-state index >= 15 is 0 Å². The number of ether oxygens (including phenoxy) is 1. The number of benzene rings is 1. The van der Waals surface area contributed by atoms with Crippen molar-refractivity contribution in [3.63, 3.8) is 0 Å². The summed E-state index contributed by atoms with van der Waals surface area (Å²) in [4.78, 5) is 10.9. The molecule has 0 saturated carbocycles. The number of morpholine rings is 1. The van der Waals surface area contributed by atoms with Crippen LogP contribution in [0.15, 0.2) is 36.7 Å². The molecule has 1 saturated heterocycles. The zero-order valence-corrected chi connectivity index (χ0v) is 11.4. The second-order valence-corrected chi connectivity index (χ2v) is 4.90. The third-order valence-corrected chi connectivity index (χ3v) is 3.67. The molecule has 1 aromatic carbocycles. The number of rotatable bonds is 2. The van der Waals surface area contributed by atoms with Crippen molar-refractivity contribution in [1.82, 2.24) is 19.6 Å². The van der Waals surface area contributed by atoms with Crippen LogP contribution in [-0.4, -0.2) is 45.9 Å². The highest BCUT2D eigenvalue weighted by atomic mass is 16.5. The molecule has 0 unspecified atom stereocenters. The number of aromatic nitrogens is 4. The normalized spacial score (nSPS) is 15.5. The summed E-state index contributed by atoms with van der Waals surface area (Å²) in [5.41, 5.74) is 3.78. The topological polar surface area (TPSA) is 55.5 Å². The van der Waals surface area contributed by atoms with Gasteiger partial charge in [-0.3, -0.25) is 4.98 Å². The lowest BCUT2D eigenvalue weighted by molar-refractivity contribution is 0.122. The van der Waals surface area contributed by atoms with Gasteiger partial charge >= 0.3 is 0 Å². The molecule has 6 heteroatoms. The fourth-order valence-corrected chi connectivity index (χ4v) is 2.57. The predicted molar refractivity (Wildman–Crippen MR) is 78.1 cm³/mol. The fourth-order valence-electron chi connectivity index (χ4n) is 2.57. The third kappa shape index (κ3) is 2.23. The Balaban J connectivity index is 1.68. The van der Waals surface area contributed by atoms with Crippen LogP contribution in [0.3, 0.4) is 0 Å².